The summed E-state index contributed by atoms with van der Waals surface area (Å²) in [6.07, 6.45) is 0. The Labute approximate surface area is 132 Å². The molecule has 2 heterocycles. The van der Waals surface area contributed by atoms with Crippen molar-refractivity contribution in [3.63, 3.8) is 0 Å². The normalized spacial score (nSPS) is 11.8. The molecule has 0 saturated heterocycles. The van der Waals surface area contributed by atoms with Crippen molar-refractivity contribution in [3.8, 4) is 10.6 Å². The van der Waals surface area contributed by atoms with Gasteiger partial charge in [0.1, 0.15) is 5.75 Å². The molecule has 0 unspecified atom stereocenters. The van der Waals surface area contributed by atoms with Gasteiger partial charge in [-0.2, -0.15) is 0 Å². The Bertz CT molecular complexity index is 744. The fourth-order valence-corrected chi connectivity index (χ4v) is 3.92. The van der Waals surface area contributed by atoms with E-state index in [0.717, 1.165) is 10.6 Å². The minimum Gasteiger partial charge on any atom is -0.301 e. The van der Waals surface area contributed by atoms with Crippen LogP contribution in [0.1, 0.15) is 18.7 Å². The Balaban J connectivity index is 2.05. The van der Waals surface area contributed by atoms with Crippen molar-refractivity contribution in [1.82, 2.24) is 4.98 Å². The predicted molar refractivity (Wildman–Crippen MR) is 87.7 cm³/mol. The molecule has 0 radical (unpaired) electrons. The number of aryl methyl sites for hydroxylation is 1. The van der Waals surface area contributed by atoms with Crippen molar-refractivity contribution in [1.29, 1.82) is 0 Å². The van der Waals surface area contributed by atoms with Crippen LogP contribution in [-0.4, -0.2) is 30.3 Å². The minimum absolute atomic E-state index is 0.417. The highest BCUT2D eigenvalue weighted by atomic mass is 32.2. The van der Waals surface area contributed by atoms with Crippen LogP contribution >= 0.6 is 22.7 Å². The average Bonchev–Trinajstić information content (AvgIpc) is 2.97. The minimum atomic E-state index is -3.39. The molecule has 1 N–H and O–H groups in total. The van der Waals surface area contributed by atoms with Crippen LogP contribution in [0.2, 0.25) is 0 Å². The van der Waals surface area contributed by atoms with Gasteiger partial charge in [-0.15, -0.1) is 22.7 Å². The van der Waals surface area contributed by atoms with Gasteiger partial charge in [0.25, 0.3) is 0 Å². The monoisotopic (exact) mass is 344 g/mol. The first kappa shape index (κ1) is 16.1. The smallest absolute Gasteiger partial charge is 0.241 e. The summed E-state index contributed by atoms with van der Waals surface area (Å²) in [5.74, 6) is -1.07. The fraction of sp³-hybridized carbons (Fsp3) is 0.385. The molecule has 114 valence electrons. The summed E-state index contributed by atoms with van der Waals surface area (Å²) in [6.45, 7) is 5.13. The first-order valence-electron chi connectivity index (χ1n) is 6.31. The van der Waals surface area contributed by atoms with Gasteiger partial charge < -0.3 is 5.32 Å². The molecule has 0 spiro atoms. The largest absolute Gasteiger partial charge is 0.301 e. The van der Waals surface area contributed by atoms with E-state index < -0.39 is 26.7 Å². The molecule has 8 heteroatoms. The average molecular weight is 344 g/mol. The second-order valence-corrected chi connectivity index (χ2v) is 9.56. The van der Waals surface area contributed by atoms with Crippen LogP contribution in [0.3, 0.4) is 0 Å². The number of carbonyl (C=O) groups is 1. The topological polar surface area (TPSA) is 76.1 Å². The van der Waals surface area contributed by atoms with Gasteiger partial charge in [-0.1, -0.05) is 0 Å². The van der Waals surface area contributed by atoms with Crippen molar-refractivity contribution in [3.05, 3.63) is 22.4 Å². The molecular weight excluding hydrogens is 328 g/mol. The number of rotatable bonds is 5. The molecular formula is C13H16N2O3S3. The number of thiazole rings is 1. The Morgan fingerprint density at radius 3 is 2.67 bits per heavy atom. The Morgan fingerprint density at radius 2 is 2.10 bits per heavy atom. The number of amides is 1. The molecule has 0 aromatic carbocycles. The molecule has 2 aromatic heterocycles. The van der Waals surface area contributed by atoms with Crippen LogP contribution in [0.5, 0.6) is 0 Å². The molecule has 0 aliphatic heterocycles. The highest BCUT2D eigenvalue weighted by molar-refractivity contribution is 7.92. The van der Waals surface area contributed by atoms with E-state index in [2.05, 4.69) is 10.3 Å². The summed E-state index contributed by atoms with van der Waals surface area (Å²) in [5.41, 5.74) is 0.792. The molecule has 0 saturated carbocycles. The molecule has 0 bridgehead atoms. The van der Waals surface area contributed by atoms with Gasteiger partial charge >= 0.3 is 0 Å². The first-order chi connectivity index (χ1) is 9.78. The fourth-order valence-electron chi connectivity index (χ4n) is 1.52. The Kier molecular flexibility index (Phi) is 4.80. The van der Waals surface area contributed by atoms with E-state index in [1.165, 1.54) is 16.2 Å². The van der Waals surface area contributed by atoms with Crippen LogP contribution in [0.25, 0.3) is 10.6 Å². The van der Waals surface area contributed by atoms with Gasteiger partial charge in [-0.25, -0.2) is 13.4 Å². The number of hydrogen-bond acceptors (Lipinski definition) is 6. The van der Waals surface area contributed by atoms with E-state index in [-0.39, 0.29) is 0 Å². The summed E-state index contributed by atoms with van der Waals surface area (Å²) in [7, 11) is -3.39. The number of nitrogens with one attached hydrogen (secondary N) is 1. The predicted octanol–water partition coefficient (Wildman–Crippen LogP) is 2.94. The van der Waals surface area contributed by atoms with Gasteiger partial charge in [0, 0.05) is 10.3 Å². The van der Waals surface area contributed by atoms with Crippen molar-refractivity contribution >= 4 is 43.5 Å². The number of sulfone groups is 1. The van der Waals surface area contributed by atoms with E-state index >= 15 is 0 Å². The molecule has 0 atom stereocenters. The number of nitrogens with zero attached hydrogens (tertiary/aromatic N) is 1. The van der Waals surface area contributed by atoms with Gasteiger partial charge in [-0.05, 0) is 32.9 Å². The van der Waals surface area contributed by atoms with Gasteiger partial charge in [-0.3, -0.25) is 4.79 Å². The number of thiophene rings is 1. The zero-order valence-corrected chi connectivity index (χ0v) is 14.4. The number of aromatic nitrogens is 1. The molecule has 1 amide bonds. The second-order valence-electron chi connectivity index (χ2n) is 4.85. The number of anilines is 1. The van der Waals surface area contributed by atoms with Crippen LogP contribution in [0.4, 0.5) is 5.13 Å². The van der Waals surface area contributed by atoms with Crippen molar-refractivity contribution < 1.29 is 13.2 Å². The van der Waals surface area contributed by atoms with E-state index in [1.54, 1.807) is 25.2 Å². The van der Waals surface area contributed by atoms with Crippen molar-refractivity contribution in [2.75, 3.05) is 11.1 Å². The molecule has 21 heavy (non-hydrogen) atoms. The quantitative estimate of drug-likeness (QED) is 0.905. The zero-order valence-electron chi connectivity index (χ0n) is 11.9. The Morgan fingerprint density at radius 1 is 1.38 bits per heavy atom. The lowest BCUT2D eigenvalue weighted by atomic mass is 10.4. The molecule has 2 rings (SSSR count). The summed E-state index contributed by atoms with van der Waals surface area (Å²) in [5, 5.41) is 4.24. The molecule has 0 fully saturated rings. The highest BCUT2D eigenvalue weighted by Crippen LogP contribution is 2.30. The van der Waals surface area contributed by atoms with Gasteiger partial charge in [0.05, 0.1) is 15.8 Å². The number of hydrogen-bond donors (Lipinski definition) is 1. The van der Waals surface area contributed by atoms with Crippen LogP contribution in [0, 0.1) is 6.92 Å². The van der Waals surface area contributed by atoms with Crippen LogP contribution in [-0.2, 0) is 14.6 Å². The standard InChI is InChI=1S/C13H16N2O3S3/c1-8(2)21(17,18)7-12(16)15-13-14-10(6-19-13)11-5-4-9(3)20-11/h4-6,8H,7H2,1-3H3,(H,14,15,16). The van der Waals surface area contributed by atoms with Crippen molar-refractivity contribution in [2.24, 2.45) is 0 Å². The summed E-state index contributed by atoms with van der Waals surface area (Å²) in [6, 6.07) is 3.98. The van der Waals surface area contributed by atoms with Crippen LogP contribution in [0.15, 0.2) is 17.5 Å². The zero-order chi connectivity index (χ0) is 15.6. The lowest BCUT2D eigenvalue weighted by Gasteiger charge is -2.06. The lowest BCUT2D eigenvalue weighted by molar-refractivity contribution is -0.113. The SMILES string of the molecule is Cc1ccc(-c2csc(NC(=O)CS(=O)(=O)C(C)C)n2)s1. The second kappa shape index (κ2) is 6.25. The molecule has 0 aliphatic carbocycles. The summed E-state index contributed by atoms with van der Waals surface area (Å²) in [4.78, 5) is 18.3. The highest BCUT2D eigenvalue weighted by Gasteiger charge is 2.21. The first-order valence-corrected chi connectivity index (χ1v) is 9.73. The maximum atomic E-state index is 11.8. The maximum absolute atomic E-state index is 11.8. The Hall–Kier alpha value is -1.25. The maximum Gasteiger partial charge on any atom is 0.241 e. The van der Waals surface area contributed by atoms with E-state index in [0.29, 0.717) is 5.13 Å². The lowest BCUT2D eigenvalue weighted by Crippen LogP contribution is -2.27. The molecule has 2 aromatic rings. The summed E-state index contributed by atoms with van der Waals surface area (Å²) >= 11 is 2.91. The summed E-state index contributed by atoms with van der Waals surface area (Å²) < 4.78 is 23.4. The van der Waals surface area contributed by atoms with Gasteiger partial charge in [0.15, 0.2) is 15.0 Å². The van der Waals surface area contributed by atoms with E-state index in [1.807, 2.05) is 24.4 Å². The third-order valence-electron chi connectivity index (χ3n) is 2.79. The van der Waals surface area contributed by atoms with E-state index in [9.17, 15) is 13.2 Å². The third-order valence-corrected chi connectivity index (χ3v) is 6.68. The molecule has 0 aliphatic rings. The van der Waals surface area contributed by atoms with Crippen LogP contribution < -0.4 is 5.32 Å². The van der Waals surface area contributed by atoms with Crippen molar-refractivity contribution in [2.45, 2.75) is 26.0 Å². The third kappa shape index (κ3) is 4.12. The van der Waals surface area contributed by atoms with E-state index in [4.69, 9.17) is 0 Å². The van der Waals surface area contributed by atoms with Gasteiger partial charge in [0.2, 0.25) is 5.91 Å². The number of carbonyl (C=O) groups excluding carboxylic acids is 1. The molecule has 5 nitrogen and oxygen atoms in total.